The molecule has 7 heteroatoms. The van der Waals surface area contributed by atoms with Crippen molar-refractivity contribution in [1.82, 2.24) is 4.90 Å². The smallest absolute Gasteiger partial charge is 0.348 e. The van der Waals surface area contributed by atoms with Crippen LogP contribution in [0.4, 0.5) is 0 Å². The second-order valence-corrected chi connectivity index (χ2v) is 7.63. The van der Waals surface area contributed by atoms with Gasteiger partial charge in [0, 0.05) is 5.41 Å². The number of rotatable bonds is 4. The molecule has 0 aromatic heterocycles. The quantitative estimate of drug-likeness (QED) is 0.601. The van der Waals surface area contributed by atoms with Crippen LogP contribution in [0.2, 0.25) is 0 Å². The summed E-state index contributed by atoms with van der Waals surface area (Å²) < 4.78 is 10.4. The van der Waals surface area contributed by atoms with Gasteiger partial charge in [-0.15, -0.1) is 0 Å². The van der Waals surface area contributed by atoms with Crippen molar-refractivity contribution in [3.8, 4) is 0 Å². The van der Waals surface area contributed by atoms with Crippen molar-refractivity contribution in [2.75, 3.05) is 6.61 Å². The topological polar surface area (TPSA) is 90.0 Å². The zero-order chi connectivity index (χ0) is 19.2. The molecule has 138 valence electrons. The number of nitrogens with zero attached hydrogens (tertiary/aromatic N) is 1. The molecular weight excluding hydrogens is 338 g/mol. The number of carbonyl (C=O) groups is 4. The number of cyclic esters (lactones) is 1. The van der Waals surface area contributed by atoms with Gasteiger partial charge in [0.2, 0.25) is 6.10 Å². The number of benzene rings is 1. The lowest BCUT2D eigenvalue weighted by atomic mass is 9.89. The molecular formula is C19H21NO6. The summed E-state index contributed by atoms with van der Waals surface area (Å²) in [7, 11) is 0. The van der Waals surface area contributed by atoms with Crippen LogP contribution in [0.1, 0.15) is 48.4 Å². The van der Waals surface area contributed by atoms with Crippen molar-refractivity contribution in [2.24, 2.45) is 11.3 Å². The van der Waals surface area contributed by atoms with Gasteiger partial charge in [-0.1, -0.05) is 39.8 Å². The Balaban J connectivity index is 1.89. The molecule has 0 radical (unpaired) electrons. The van der Waals surface area contributed by atoms with Crippen LogP contribution in [0.15, 0.2) is 24.3 Å². The average molecular weight is 359 g/mol. The highest BCUT2D eigenvalue weighted by atomic mass is 16.6. The Labute approximate surface area is 151 Å². The third-order valence-electron chi connectivity index (χ3n) is 4.72. The molecule has 7 nitrogen and oxygen atoms in total. The van der Waals surface area contributed by atoms with E-state index in [-0.39, 0.29) is 23.7 Å². The SMILES string of the molecule is CC(C)[C@H](C(=O)O[C@H]1C(=O)OCC1(C)C)N1C(=O)c2ccccc2C1=O. The molecule has 0 unspecified atom stereocenters. The Morgan fingerprint density at radius 2 is 1.69 bits per heavy atom. The molecule has 2 aliphatic heterocycles. The molecule has 3 rings (SSSR count). The first-order valence-electron chi connectivity index (χ1n) is 8.49. The van der Waals surface area contributed by atoms with Gasteiger partial charge in [0.15, 0.2) is 0 Å². The predicted octanol–water partition coefficient (Wildman–Crippen LogP) is 1.80. The summed E-state index contributed by atoms with van der Waals surface area (Å²) in [6, 6.07) is 5.30. The molecule has 1 saturated heterocycles. The van der Waals surface area contributed by atoms with Gasteiger partial charge in [-0.3, -0.25) is 14.5 Å². The van der Waals surface area contributed by atoms with E-state index in [4.69, 9.17) is 9.47 Å². The number of hydrogen-bond donors (Lipinski definition) is 0. The zero-order valence-corrected chi connectivity index (χ0v) is 15.1. The van der Waals surface area contributed by atoms with E-state index in [1.165, 1.54) is 0 Å². The molecule has 2 amide bonds. The highest BCUT2D eigenvalue weighted by Gasteiger charge is 2.50. The summed E-state index contributed by atoms with van der Waals surface area (Å²) in [5.74, 6) is -2.85. The zero-order valence-electron chi connectivity index (χ0n) is 15.1. The van der Waals surface area contributed by atoms with Gasteiger partial charge in [0.1, 0.15) is 12.6 Å². The van der Waals surface area contributed by atoms with Crippen LogP contribution in [0.3, 0.4) is 0 Å². The van der Waals surface area contributed by atoms with Crippen LogP contribution in [0.25, 0.3) is 0 Å². The Hall–Kier alpha value is -2.70. The summed E-state index contributed by atoms with van der Waals surface area (Å²) in [4.78, 5) is 51.0. The highest BCUT2D eigenvalue weighted by molar-refractivity contribution is 6.22. The third kappa shape index (κ3) is 2.77. The monoisotopic (exact) mass is 359 g/mol. The van der Waals surface area contributed by atoms with Crippen molar-refractivity contribution < 1.29 is 28.7 Å². The maximum absolute atomic E-state index is 12.8. The predicted molar refractivity (Wildman–Crippen MR) is 90.2 cm³/mol. The van der Waals surface area contributed by atoms with Crippen molar-refractivity contribution in [2.45, 2.75) is 39.8 Å². The number of fused-ring (bicyclic) bond motifs is 1. The van der Waals surface area contributed by atoms with Crippen molar-refractivity contribution in [3.05, 3.63) is 35.4 Å². The second-order valence-electron chi connectivity index (χ2n) is 7.63. The molecule has 0 N–H and O–H groups in total. The second kappa shape index (κ2) is 6.23. The number of ether oxygens (including phenoxy) is 2. The normalized spacial score (nSPS) is 22.4. The molecule has 0 aliphatic carbocycles. The standard InChI is InChI=1S/C19H21NO6/c1-10(2)13(17(23)26-14-18(24)25-9-19(14,3)4)20-15(21)11-7-5-6-8-12(11)16(20)22/h5-8,10,13-14H,9H2,1-4H3/t13-,14+/m1/s1. The van der Waals surface area contributed by atoms with Gasteiger partial charge in [0.05, 0.1) is 11.1 Å². The van der Waals surface area contributed by atoms with E-state index in [1.54, 1.807) is 52.0 Å². The van der Waals surface area contributed by atoms with E-state index in [0.717, 1.165) is 4.90 Å². The summed E-state index contributed by atoms with van der Waals surface area (Å²) in [5.41, 5.74) is -0.149. The van der Waals surface area contributed by atoms with Gasteiger partial charge < -0.3 is 9.47 Å². The Bertz CT molecular complexity index is 762. The maximum atomic E-state index is 12.8. The van der Waals surface area contributed by atoms with Gasteiger partial charge >= 0.3 is 11.9 Å². The molecule has 2 heterocycles. The van der Waals surface area contributed by atoms with E-state index in [9.17, 15) is 19.2 Å². The molecule has 1 fully saturated rings. The summed E-state index contributed by atoms with van der Waals surface area (Å²) in [6.07, 6.45) is -1.06. The van der Waals surface area contributed by atoms with Gasteiger partial charge in [0.25, 0.3) is 11.8 Å². The summed E-state index contributed by atoms with van der Waals surface area (Å²) in [5, 5.41) is 0. The lowest BCUT2D eigenvalue weighted by molar-refractivity contribution is -0.167. The van der Waals surface area contributed by atoms with E-state index in [2.05, 4.69) is 0 Å². The third-order valence-corrected chi connectivity index (χ3v) is 4.72. The Morgan fingerprint density at radius 3 is 2.12 bits per heavy atom. The number of carbonyl (C=O) groups excluding carboxylic acids is 4. The first-order valence-corrected chi connectivity index (χ1v) is 8.49. The molecule has 0 bridgehead atoms. The molecule has 0 saturated carbocycles. The number of imide groups is 1. The minimum absolute atomic E-state index is 0.142. The van der Waals surface area contributed by atoms with E-state index in [0.29, 0.717) is 0 Å². The van der Waals surface area contributed by atoms with Crippen molar-refractivity contribution >= 4 is 23.8 Å². The minimum Gasteiger partial charge on any atom is -0.462 e. The fourth-order valence-electron chi connectivity index (χ4n) is 3.26. The molecule has 0 spiro atoms. The van der Waals surface area contributed by atoms with Crippen LogP contribution >= 0.6 is 0 Å². The van der Waals surface area contributed by atoms with E-state index >= 15 is 0 Å². The molecule has 2 aliphatic rings. The van der Waals surface area contributed by atoms with E-state index in [1.807, 2.05) is 0 Å². The fraction of sp³-hybridized carbons (Fsp3) is 0.474. The number of amides is 2. The van der Waals surface area contributed by atoms with Gasteiger partial charge in [-0.05, 0) is 18.1 Å². The highest BCUT2D eigenvalue weighted by Crippen LogP contribution is 2.33. The average Bonchev–Trinajstić information content (AvgIpc) is 2.98. The Kier molecular flexibility index (Phi) is 4.34. The lowest BCUT2D eigenvalue weighted by Gasteiger charge is -2.30. The lowest BCUT2D eigenvalue weighted by Crippen LogP contribution is -2.50. The van der Waals surface area contributed by atoms with Gasteiger partial charge in [-0.25, -0.2) is 9.59 Å². The fourth-order valence-corrected chi connectivity index (χ4v) is 3.26. The first kappa shape index (κ1) is 18.1. The number of esters is 2. The van der Waals surface area contributed by atoms with Crippen LogP contribution < -0.4 is 0 Å². The number of hydrogen-bond acceptors (Lipinski definition) is 6. The minimum atomic E-state index is -1.12. The summed E-state index contributed by atoms with van der Waals surface area (Å²) in [6.45, 7) is 7.08. The van der Waals surface area contributed by atoms with Crippen LogP contribution in [-0.4, -0.2) is 47.4 Å². The Morgan fingerprint density at radius 1 is 1.15 bits per heavy atom. The van der Waals surface area contributed by atoms with Crippen LogP contribution in [0, 0.1) is 11.3 Å². The molecule has 26 heavy (non-hydrogen) atoms. The van der Waals surface area contributed by atoms with Crippen molar-refractivity contribution in [1.29, 1.82) is 0 Å². The maximum Gasteiger partial charge on any atom is 0.348 e. The van der Waals surface area contributed by atoms with Crippen molar-refractivity contribution in [3.63, 3.8) is 0 Å². The molecule has 1 aromatic rings. The first-order chi connectivity index (χ1) is 12.1. The van der Waals surface area contributed by atoms with E-state index < -0.39 is 41.3 Å². The summed E-state index contributed by atoms with van der Waals surface area (Å²) >= 11 is 0. The molecule has 1 aromatic carbocycles. The molecule has 2 atom stereocenters. The van der Waals surface area contributed by atoms with Crippen LogP contribution in [-0.2, 0) is 19.1 Å². The van der Waals surface area contributed by atoms with Gasteiger partial charge in [-0.2, -0.15) is 0 Å². The largest absolute Gasteiger partial charge is 0.462 e. The van der Waals surface area contributed by atoms with Crippen LogP contribution in [0.5, 0.6) is 0 Å².